The first-order valence-electron chi connectivity index (χ1n) is 10.8. The second-order valence-electron chi connectivity index (χ2n) is 7.03. The van der Waals surface area contributed by atoms with Crippen LogP contribution in [0.3, 0.4) is 0 Å². The highest BCUT2D eigenvalue weighted by Gasteiger charge is 2.05. The number of hydrogen-bond acceptors (Lipinski definition) is 1. The molecule has 0 radical (unpaired) electrons. The van der Waals surface area contributed by atoms with Crippen LogP contribution in [0.2, 0.25) is 0 Å². The Kier molecular flexibility index (Phi) is 19.7. The van der Waals surface area contributed by atoms with Crippen LogP contribution >= 0.6 is 0 Å². The predicted octanol–water partition coefficient (Wildman–Crippen LogP) is 8.35. The minimum atomic E-state index is 0.371. The van der Waals surface area contributed by atoms with E-state index in [-0.39, 0.29) is 0 Å². The van der Waals surface area contributed by atoms with Crippen LogP contribution in [0.15, 0.2) is 24.5 Å². The lowest BCUT2D eigenvalue weighted by atomic mass is 10.1. The van der Waals surface area contributed by atoms with Crippen molar-refractivity contribution >= 4 is 0 Å². The van der Waals surface area contributed by atoms with E-state index in [1.165, 1.54) is 83.5 Å². The predicted molar refractivity (Wildman–Crippen MR) is 109 cm³/mol. The van der Waals surface area contributed by atoms with Gasteiger partial charge in [0.15, 0.2) is 0 Å². The zero-order chi connectivity index (χ0) is 17.7. The van der Waals surface area contributed by atoms with Crippen molar-refractivity contribution in [2.75, 3.05) is 0 Å². The highest BCUT2D eigenvalue weighted by atomic mass is 16.5. The van der Waals surface area contributed by atoms with Gasteiger partial charge in [0.2, 0.25) is 0 Å². The van der Waals surface area contributed by atoms with Crippen LogP contribution in [0, 0.1) is 0 Å². The van der Waals surface area contributed by atoms with Crippen LogP contribution in [-0.4, -0.2) is 6.10 Å². The molecule has 0 bridgehead atoms. The number of unbranched alkanes of at least 4 members (excludes halogenated alkanes) is 10. The number of hydrogen-bond donors (Lipinski definition) is 0. The molecule has 0 saturated carbocycles. The van der Waals surface area contributed by atoms with Crippen LogP contribution in [0.25, 0.3) is 0 Å². The van der Waals surface area contributed by atoms with Gasteiger partial charge in [0, 0.05) is 6.42 Å². The molecule has 1 atom stereocenters. The van der Waals surface area contributed by atoms with Crippen LogP contribution in [0.5, 0.6) is 0 Å². The maximum absolute atomic E-state index is 6.00. The molecule has 0 rings (SSSR count). The molecule has 1 heteroatoms. The van der Waals surface area contributed by atoms with Crippen molar-refractivity contribution in [1.82, 2.24) is 0 Å². The molecule has 0 unspecified atom stereocenters. The molecular weight excluding hydrogens is 292 g/mol. The molecule has 0 N–H and O–H groups in total. The van der Waals surface area contributed by atoms with Crippen molar-refractivity contribution in [3.63, 3.8) is 0 Å². The summed E-state index contributed by atoms with van der Waals surface area (Å²) in [5.74, 6) is 0. The number of ether oxygens (including phenoxy) is 1. The summed E-state index contributed by atoms with van der Waals surface area (Å²) in [5, 5.41) is 0. The SMILES string of the molecule is CCCCC=CO[C@@H](C/C=C\CCCCCCC)CCCCCC. The molecule has 0 spiro atoms. The second-order valence-corrected chi connectivity index (χ2v) is 7.03. The second kappa shape index (κ2) is 20.3. The lowest BCUT2D eigenvalue weighted by molar-refractivity contribution is 0.134. The lowest BCUT2D eigenvalue weighted by Gasteiger charge is -2.15. The maximum atomic E-state index is 6.00. The van der Waals surface area contributed by atoms with E-state index in [2.05, 4.69) is 39.0 Å². The first-order chi connectivity index (χ1) is 11.8. The van der Waals surface area contributed by atoms with Gasteiger partial charge in [-0.3, -0.25) is 0 Å². The van der Waals surface area contributed by atoms with Gasteiger partial charge in [-0.1, -0.05) is 84.3 Å². The van der Waals surface area contributed by atoms with E-state index in [0.717, 1.165) is 12.8 Å². The summed E-state index contributed by atoms with van der Waals surface area (Å²) in [4.78, 5) is 0. The third-order valence-electron chi connectivity index (χ3n) is 4.51. The fraction of sp³-hybridized carbons (Fsp3) is 0.826. The first-order valence-corrected chi connectivity index (χ1v) is 10.8. The average Bonchev–Trinajstić information content (AvgIpc) is 2.60. The number of allylic oxidation sites excluding steroid dienone is 2. The van der Waals surface area contributed by atoms with E-state index in [1.54, 1.807) is 0 Å². The molecule has 0 amide bonds. The Morgan fingerprint density at radius 3 is 1.96 bits per heavy atom. The van der Waals surface area contributed by atoms with Crippen molar-refractivity contribution in [1.29, 1.82) is 0 Å². The van der Waals surface area contributed by atoms with Crippen molar-refractivity contribution in [2.45, 2.75) is 123 Å². The van der Waals surface area contributed by atoms with Gasteiger partial charge in [-0.2, -0.15) is 0 Å². The zero-order valence-electron chi connectivity index (χ0n) is 16.9. The molecule has 0 fully saturated rings. The Labute approximate surface area is 153 Å². The zero-order valence-corrected chi connectivity index (χ0v) is 16.9. The molecule has 0 aromatic rings. The van der Waals surface area contributed by atoms with Crippen LogP contribution in [0.4, 0.5) is 0 Å². The summed E-state index contributed by atoms with van der Waals surface area (Å²) in [6.07, 6.45) is 28.6. The van der Waals surface area contributed by atoms with Gasteiger partial charge in [0.25, 0.3) is 0 Å². The molecule has 0 aromatic carbocycles. The monoisotopic (exact) mass is 336 g/mol. The Morgan fingerprint density at radius 1 is 0.625 bits per heavy atom. The van der Waals surface area contributed by atoms with Gasteiger partial charge in [-0.15, -0.1) is 0 Å². The maximum Gasteiger partial charge on any atom is 0.101 e. The summed E-state index contributed by atoms with van der Waals surface area (Å²) >= 11 is 0. The number of rotatable bonds is 18. The molecule has 0 saturated heterocycles. The van der Waals surface area contributed by atoms with Gasteiger partial charge in [-0.05, 0) is 44.6 Å². The standard InChI is InChI=1S/C23H44O/c1-4-7-10-13-14-15-16-18-21-23(20-17-11-8-5-2)24-22-19-12-9-6-3/h16,18-19,22-23H,4-15,17,20-21H2,1-3H3/b18-16-,22-19?/t23-/m1/s1. The van der Waals surface area contributed by atoms with E-state index in [0.29, 0.717) is 6.10 Å². The van der Waals surface area contributed by atoms with E-state index in [4.69, 9.17) is 4.74 Å². The first kappa shape index (κ1) is 23.3. The van der Waals surface area contributed by atoms with Crippen molar-refractivity contribution in [3.8, 4) is 0 Å². The topological polar surface area (TPSA) is 9.23 Å². The molecule has 0 aliphatic rings. The molecule has 1 nitrogen and oxygen atoms in total. The normalized spacial score (nSPS) is 13.1. The highest BCUT2D eigenvalue weighted by molar-refractivity contribution is 4.86. The van der Waals surface area contributed by atoms with E-state index in [9.17, 15) is 0 Å². The van der Waals surface area contributed by atoms with E-state index >= 15 is 0 Å². The third-order valence-corrected chi connectivity index (χ3v) is 4.51. The highest BCUT2D eigenvalue weighted by Crippen LogP contribution is 2.13. The Balaban J connectivity index is 3.92. The average molecular weight is 337 g/mol. The fourth-order valence-corrected chi connectivity index (χ4v) is 2.83. The van der Waals surface area contributed by atoms with Crippen molar-refractivity contribution in [3.05, 3.63) is 24.5 Å². The lowest BCUT2D eigenvalue weighted by Crippen LogP contribution is -2.08. The molecule has 0 aliphatic heterocycles. The van der Waals surface area contributed by atoms with Crippen molar-refractivity contribution < 1.29 is 4.74 Å². The quantitative estimate of drug-likeness (QED) is 0.139. The fourth-order valence-electron chi connectivity index (χ4n) is 2.83. The largest absolute Gasteiger partial charge is 0.498 e. The smallest absolute Gasteiger partial charge is 0.101 e. The van der Waals surface area contributed by atoms with Gasteiger partial charge < -0.3 is 4.74 Å². The van der Waals surface area contributed by atoms with Crippen LogP contribution in [-0.2, 0) is 4.74 Å². The van der Waals surface area contributed by atoms with Crippen LogP contribution in [0.1, 0.15) is 117 Å². The summed E-state index contributed by atoms with van der Waals surface area (Å²) < 4.78 is 6.00. The molecule has 24 heavy (non-hydrogen) atoms. The summed E-state index contributed by atoms with van der Waals surface area (Å²) in [6.45, 7) is 6.78. The molecular formula is C23H44O. The summed E-state index contributed by atoms with van der Waals surface area (Å²) in [6, 6.07) is 0. The van der Waals surface area contributed by atoms with Gasteiger partial charge >= 0.3 is 0 Å². The van der Waals surface area contributed by atoms with Gasteiger partial charge in [-0.25, -0.2) is 0 Å². The molecule has 142 valence electrons. The molecule has 0 aliphatic carbocycles. The van der Waals surface area contributed by atoms with Crippen LogP contribution < -0.4 is 0 Å². The Morgan fingerprint density at radius 2 is 1.25 bits per heavy atom. The minimum Gasteiger partial charge on any atom is -0.498 e. The van der Waals surface area contributed by atoms with Gasteiger partial charge in [0.1, 0.15) is 6.10 Å². The van der Waals surface area contributed by atoms with E-state index < -0.39 is 0 Å². The van der Waals surface area contributed by atoms with E-state index in [1.807, 2.05) is 6.26 Å². The summed E-state index contributed by atoms with van der Waals surface area (Å²) in [5.41, 5.74) is 0. The Bertz CT molecular complexity index is 280. The summed E-state index contributed by atoms with van der Waals surface area (Å²) in [7, 11) is 0. The molecule has 0 heterocycles. The Hall–Kier alpha value is -0.720. The molecule has 0 aromatic heterocycles. The van der Waals surface area contributed by atoms with Crippen molar-refractivity contribution in [2.24, 2.45) is 0 Å². The third kappa shape index (κ3) is 17.6. The minimum absolute atomic E-state index is 0.371. The van der Waals surface area contributed by atoms with Gasteiger partial charge in [0.05, 0.1) is 6.26 Å².